The molecule has 3 aromatic rings. The van der Waals surface area contributed by atoms with Gasteiger partial charge in [-0.25, -0.2) is 4.98 Å². The van der Waals surface area contributed by atoms with Gasteiger partial charge in [-0.1, -0.05) is 49.9 Å². The van der Waals surface area contributed by atoms with E-state index in [2.05, 4.69) is 5.32 Å². The van der Waals surface area contributed by atoms with Crippen LogP contribution in [-0.2, 0) is 4.79 Å². The Bertz CT molecular complexity index is 1040. The number of nitrogens with zero attached hydrogens (tertiary/aromatic N) is 2. The summed E-state index contributed by atoms with van der Waals surface area (Å²) in [6.45, 7) is 2.04. The van der Waals surface area contributed by atoms with Crippen LogP contribution in [-0.4, -0.2) is 28.6 Å². The topological polar surface area (TPSA) is 56.2 Å². The molecule has 1 amide bonds. The predicted molar refractivity (Wildman–Crippen MR) is 121 cm³/mol. The largest absolute Gasteiger partial charge is 0.497 e. The van der Waals surface area contributed by atoms with Crippen LogP contribution in [0.4, 0.5) is 0 Å². The van der Waals surface area contributed by atoms with Gasteiger partial charge < -0.3 is 14.6 Å². The molecule has 5 nitrogen and oxygen atoms in total. The van der Waals surface area contributed by atoms with Gasteiger partial charge in [0.05, 0.1) is 23.2 Å². The van der Waals surface area contributed by atoms with Crippen LogP contribution >= 0.6 is 11.6 Å². The number of fused-ring (bicyclic) bond motifs is 1. The van der Waals surface area contributed by atoms with E-state index in [-0.39, 0.29) is 18.0 Å². The molecule has 158 valence electrons. The molecule has 1 unspecified atom stereocenters. The zero-order valence-corrected chi connectivity index (χ0v) is 18.3. The predicted octanol–water partition coefficient (Wildman–Crippen LogP) is 5.77. The van der Waals surface area contributed by atoms with Crippen molar-refractivity contribution >= 4 is 28.5 Å². The number of imidazole rings is 1. The number of aromatic nitrogens is 2. The lowest BCUT2D eigenvalue weighted by Gasteiger charge is -2.27. The van der Waals surface area contributed by atoms with Crippen molar-refractivity contribution in [3.05, 3.63) is 47.5 Å². The zero-order chi connectivity index (χ0) is 21.1. The molecule has 0 radical (unpaired) electrons. The second-order valence-corrected chi connectivity index (χ2v) is 8.31. The third-order valence-electron chi connectivity index (χ3n) is 5.96. The average molecular weight is 426 g/mol. The van der Waals surface area contributed by atoms with Crippen LogP contribution in [0.15, 0.2) is 42.5 Å². The maximum atomic E-state index is 13.4. The lowest BCUT2D eigenvalue weighted by molar-refractivity contribution is -0.125. The number of hydrogen-bond acceptors (Lipinski definition) is 3. The molecule has 1 N–H and O–H groups in total. The Morgan fingerprint density at radius 1 is 1.23 bits per heavy atom. The van der Waals surface area contributed by atoms with E-state index in [1.165, 1.54) is 19.3 Å². The van der Waals surface area contributed by atoms with Crippen molar-refractivity contribution < 1.29 is 9.53 Å². The second kappa shape index (κ2) is 9.09. The van der Waals surface area contributed by atoms with Crippen molar-refractivity contribution in [3.63, 3.8) is 0 Å². The van der Waals surface area contributed by atoms with Crippen LogP contribution in [0, 0.1) is 0 Å². The van der Waals surface area contributed by atoms with Gasteiger partial charge in [-0.3, -0.25) is 4.79 Å². The molecule has 0 bridgehead atoms. The van der Waals surface area contributed by atoms with E-state index >= 15 is 0 Å². The van der Waals surface area contributed by atoms with Crippen molar-refractivity contribution in [2.75, 3.05) is 7.11 Å². The summed E-state index contributed by atoms with van der Waals surface area (Å²) < 4.78 is 7.42. The number of halogens is 1. The van der Waals surface area contributed by atoms with Gasteiger partial charge in [-0.05, 0) is 43.5 Å². The number of carbonyl (C=O) groups is 1. The first kappa shape index (κ1) is 20.7. The lowest BCUT2D eigenvalue weighted by atomic mass is 9.95. The highest BCUT2D eigenvalue weighted by atomic mass is 35.5. The van der Waals surface area contributed by atoms with E-state index in [0.717, 1.165) is 35.2 Å². The van der Waals surface area contributed by atoms with E-state index in [0.29, 0.717) is 17.3 Å². The SMILES string of the molecule is CCC(C(=O)NC1CCCCC1)n1c(-c2ccccc2Cl)nc2cc(OC)ccc21. The fourth-order valence-corrected chi connectivity index (χ4v) is 4.60. The first-order valence-corrected chi connectivity index (χ1v) is 11.1. The molecule has 1 aromatic heterocycles. The third kappa shape index (κ3) is 4.04. The number of ether oxygens (including phenoxy) is 1. The highest BCUT2D eigenvalue weighted by Gasteiger charge is 2.27. The number of hydrogen-bond donors (Lipinski definition) is 1. The van der Waals surface area contributed by atoms with Gasteiger partial charge in [0.15, 0.2) is 0 Å². The molecule has 6 heteroatoms. The van der Waals surface area contributed by atoms with E-state index < -0.39 is 0 Å². The fraction of sp³-hybridized carbons (Fsp3) is 0.417. The molecule has 1 aliphatic rings. The summed E-state index contributed by atoms with van der Waals surface area (Å²) in [7, 11) is 1.64. The molecular formula is C24H28ClN3O2. The molecule has 1 heterocycles. The number of methoxy groups -OCH3 is 1. The molecule has 1 saturated carbocycles. The van der Waals surface area contributed by atoms with Crippen LogP contribution in [0.25, 0.3) is 22.4 Å². The number of carbonyl (C=O) groups excluding carboxylic acids is 1. The Kier molecular flexibility index (Phi) is 6.28. The van der Waals surface area contributed by atoms with E-state index in [1.807, 2.05) is 54.0 Å². The third-order valence-corrected chi connectivity index (χ3v) is 6.29. The Morgan fingerprint density at radius 2 is 2.00 bits per heavy atom. The van der Waals surface area contributed by atoms with Crippen molar-refractivity contribution in [1.82, 2.24) is 14.9 Å². The highest BCUT2D eigenvalue weighted by molar-refractivity contribution is 6.33. The summed E-state index contributed by atoms with van der Waals surface area (Å²) in [5.41, 5.74) is 2.50. The molecule has 1 aliphatic carbocycles. The van der Waals surface area contributed by atoms with Gasteiger partial charge in [-0.2, -0.15) is 0 Å². The Labute approximate surface area is 182 Å². The zero-order valence-electron chi connectivity index (χ0n) is 17.5. The first-order chi connectivity index (χ1) is 14.6. The van der Waals surface area contributed by atoms with Gasteiger partial charge in [-0.15, -0.1) is 0 Å². The molecule has 0 aliphatic heterocycles. The second-order valence-electron chi connectivity index (χ2n) is 7.91. The number of nitrogens with one attached hydrogen (secondary N) is 1. The van der Waals surface area contributed by atoms with E-state index in [4.69, 9.17) is 21.3 Å². The van der Waals surface area contributed by atoms with Gasteiger partial charge in [0.1, 0.15) is 17.6 Å². The summed E-state index contributed by atoms with van der Waals surface area (Å²) in [4.78, 5) is 18.2. The number of rotatable bonds is 6. The minimum atomic E-state index is -0.364. The molecule has 4 rings (SSSR count). The molecule has 0 spiro atoms. The monoisotopic (exact) mass is 425 g/mol. The summed E-state index contributed by atoms with van der Waals surface area (Å²) in [6, 6.07) is 13.3. The smallest absolute Gasteiger partial charge is 0.243 e. The quantitative estimate of drug-likeness (QED) is 0.545. The molecule has 2 aromatic carbocycles. The van der Waals surface area contributed by atoms with Crippen LogP contribution in [0.2, 0.25) is 5.02 Å². The van der Waals surface area contributed by atoms with Gasteiger partial charge >= 0.3 is 0 Å². The molecule has 1 fully saturated rings. The first-order valence-electron chi connectivity index (χ1n) is 10.7. The normalized spacial score (nSPS) is 15.8. The summed E-state index contributed by atoms with van der Waals surface area (Å²) in [5, 5.41) is 3.91. The minimum Gasteiger partial charge on any atom is -0.497 e. The molecule has 30 heavy (non-hydrogen) atoms. The Balaban J connectivity index is 1.81. The Hall–Kier alpha value is -2.53. The molecule has 1 atom stereocenters. The minimum absolute atomic E-state index is 0.0489. The Morgan fingerprint density at radius 3 is 2.70 bits per heavy atom. The highest BCUT2D eigenvalue weighted by Crippen LogP contribution is 2.35. The van der Waals surface area contributed by atoms with Crippen LogP contribution in [0.5, 0.6) is 5.75 Å². The van der Waals surface area contributed by atoms with Crippen molar-refractivity contribution in [1.29, 1.82) is 0 Å². The summed E-state index contributed by atoms with van der Waals surface area (Å²) in [5.74, 6) is 1.49. The fourth-order valence-electron chi connectivity index (χ4n) is 4.38. The number of amides is 1. The lowest BCUT2D eigenvalue weighted by Crippen LogP contribution is -2.40. The van der Waals surface area contributed by atoms with Crippen molar-refractivity contribution in [2.24, 2.45) is 0 Å². The molecule has 0 saturated heterocycles. The maximum absolute atomic E-state index is 13.4. The standard InChI is InChI=1S/C24H28ClN3O2/c1-3-21(24(29)26-16-9-5-4-6-10-16)28-22-14-13-17(30-2)15-20(22)27-23(28)18-11-7-8-12-19(18)25/h7-8,11-16,21H,3-6,9-10H2,1-2H3,(H,26,29). The number of benzene rings is 2. The summed E-state index contributed by atoms with van der Waals surface area (Å²) in [6.07, 6.45) is 6.39. The summed E-state index contributed by atoms with van der Waals surface area (Å²) >= 11 is 6.52. The molecular weight excluding hydrogens is 398 g/mol. The van der Waals surface area contributed by atoms with Gasteiger partial charge in [0.25, 0.3) is 0 Å². The van der Waals surface area contributed by atoms with Crippen molar-refractivity contribution in [2.45, 2.75) is 57.5 Å². The van der Waals surface area contributed by atoms with Crippen LogP contribution in [0.3, 0.4) is 0 Å². The maximum Gasteiger partial charge on any atom is 0.243 e. The van der Waals surface area contributed by atoms with Gasteiger partial charge in [0, 0.05) is 17.7 Å². The van der Waals surface area contributed by atoms with Gasteiger partial charge in [0.2, 0.25) is 5.91 Å². The van der Waals surface area contributed by atoms with Crippen LogP contribution in [0.1, 0.15) is 51.5 Å². The van der Waals surface area contributed by atoms with E-state index in [1.54, 1.807) is 7.11 Å². The average Bonchev–Trinajstić information content (AvgIpc) is 3.13. The van der Waals surface area contributed by atoms with Crippen molar-refractivity contribution in [3.8, 4) is 17.1 Å². The van der Waals surface area contributed by atoms with Crippen LogP contribution < -0.4 is 10.1 Å². The van der Waals surface area contributed by atoms with E-state index in [9.17, 15) is 4.79 Å².